The highest BCUT2D eigenvalue weighted by Crippen LogP contribution is 2.24. The first-order valence-electron chi connectivity index (χ1n) is 6.34. The van der Waals surface area contributed by atoms with Crippen LogP contribution in [-0.4, -0.2) is 19.9 Å². The fourth-order valence-corrected chi connectivity index (χ4v) is 1.57. The molecule has 0 atom stereocenters. The molecular formula is C13H27BO2. The third-order valence-corrected chi connectivity index (χ3v) is 2.35. The van der Waals surface area contributed by atoms with Crippen LogP contribution < -0.4 is 0 Å². The molecule has 0 radical (unpaired) electrons. The number of esters is 1. The predicted octanol–water partition coefficient (Wildman–Crippen LogP) is 2.82. The fourth-order valence-electron chi connectivity index (χ4n) is 1.57. The zero-order chi connectivity index (χ0) is 12.9. The third-order valence-electron chi connectivity index (χ3n) is 2.35. The van der Waals surface area contributed by atoms with Gasteiger partial charge in [0.05, 0.1) is 0 Å². The highest BCUT2D eigenvalue weighted by atomic mass is 16.5. The zero-order valence-electron chi connectivity index (χ0n) is 12.0. The van der Waals surface area contributed by atoms with Gasteiger partial charge in [0.15, 0.2) is 0 Å². The molecule has 2 nitrogen and oxygen atoms in total. The molecule has 0 aliphatic heterocycles. The summed E-state index contributed by atoms with van der Waals surface area (Å²) in [5.74, 6) is 1.05. The molecule has 0 saturated heterocycles. The SMILES string of the molecule is BC(C)(C)C(=O)OC(CC(C)C)CC(C)C. The molecule has 0 unspecified atom stereocenters. The van der Waals surface area contributed by atoms with E-state index in [9.17, 15) is 4.79 Å². The Bertz CT molecular complexity index is 206. The second kappa shape index (κ2) is 6.31. The van der Waals surface area contributed by atoms with Gasteiger partial charge in [0.25, 0.3) is 0 Å². The Morgan fingerprint density at radius 2 is 1.50 bits per heavy atom. The van der Waals surface area contributed by atoms with E-state index in [1.807, 2.05) is 21.7 Å². The summed E-state index contributed by atoms with van der Waals surface area (Å²) in [4.78, 5) is 11.8. The average Bonchev–Trinajstić information content (AvgIpc) is 1.98. The number of carbonyl (C=O) groups is 1. The smallest absolute Gasteiger partial charge is 0.303 e. The Labute approximate surface area is 102 Å². The molecule has 0 aliphatic carbocycles. The van der Waals surface area contributed by atoms with E-state index in [-0.39, 0.29) is 12.1 Å². The lowest BCUT2D eigenvalue weighted by Crippen LogP contribution is -2.28. The van der Waals surface area contributed by atoms with E-state index in [0.717, 1.165) is 12.8 Å². The van der Waals surface area contributed by atoms with E-state index in [2.05, 4.69) is 27.7 Å². The van der Waals surface area contributed by atoms with Crippen molar-refractivity contribution in [2.24, 2.45) is 11.8 Å². The van der Waals surface area contributed by atoms with E-state index in [1.54, 1.807) is 0 Å². The van der Waals surface area contributed by atoms with Gasteiger partial charge in [0.2, 0.25) is 0 Å². The molecule has 16 heavy (non-hydrogen) atoms. The summed E-state index contributed by atoms with van der Waals surface area (Å²) in [6.07, 6.45) is 1.99. The van der Waals surface area contributed by atoms with Gasteiger partial charge in [-0.25, -0.2) is 0 Å². The number of ether oxygens (including phenoxy) is 1. The largest absolute Gasteiger partial charge is 0.462 e. The Balaban J connectivity index is 4.36. The lowest BCUT2D eigenvalue weighted by Gasteiger charge is -2.25. The summed E-state index contributed by atoms with van der Waals surface area (Å²) >= 11 is 0. The molecule has 0 fully saturated rings. The van der Waals surface area contributed by atoms with Crippen LogP contribution in [0.25, 0.3) is 0 Å². The summed E-state index contributed by atoms with van der Waals surface area (Å²) < 4.78 is 5.60. The van der Waals surface area contributed by atoms with Gasteiger partial charge in [-0.15, -0.1) is 0 Å². The highest BCUT2D eigenvalue weighted by molar-refractivity contribution is 6.26. The Kier molecular flexibility index (Phi) is 6.13. The molecule has 94 valence electrons. The second-order valence-corrected chi connectivity index (χ2v) is 6.54. The minimum Gasteiger partial charge on any atom is -0.462 e. The van der Waals surface area contributed by atoms with Crippen LogP contribution in [0, 0.1) is 11.8 Å². The Morgan fingerprint density at radius 1 is 1.12 bits per heavy atom. The first-order valence-corrected chi connectivity index (χ1v) is 6.34. The van der Waals surface area contributed by atoms with Gasteiger partial charge in [0, 0.05) is 5.31 Å². The van der Waals surface area contributed by atoms with Gasteiger partial charge >= 0.3 is 5.97 Å². The molecule has 0 rings (SSSR count). The van der Waals surface area contributed by atoms with E-state index >= 15 is 0 Å². The van der Waals surface area contributed by atoms with Crippen molar-refractivity contribution in [1.29, 1.82) is 0 Å². The van der Waals surface area contributed by atoms with Crippen molar-refractivity contribution in [2.75, 3.05) is 0 Å². The third kappa shape index (κ3) is 6.92. The topological polar surface area (TPSA) is 26.3 Å². The summed E-state index contributed by atoms with van der Waals surface area (Å²) in [5.41, 5.74) is 0. The van der Waals surface area contributed by atoms with E-state index < -0.39 is 5.31 Å². The summed E-state index contributed by atoms with van der Waals surface area (Å²) in [6, 6.07) is 0. The molecule has 0 amide bonds. The molecule has 0 saturated carbocycles. The molecule has 3 heteroatoms. The molecule has 0 N–H and O–H groups in total. The van der Waals surface area contributed by atoms with Gasteiger partial charge in [-0.1, -0.05) is 41.5 Å². The maximum Gasteiger partial charge on any atom is 0.303 e. The molecule has 0 spiro atoms. The van der Waals surface area contributed by atoms with Crippen LogP contribution in [0.2, 0.25) is 5.31 Å². The van der Waals surface area contributed by atoms with Crippen LogP contribution in [0.15, 0.2) is 0 Å². The van der Waals surface area contributed by atoms with Gasteiger partial charge in [-0.2, -0.15) is 0 Å². The van der Waals surface area contributed by atoms with Crippen LogP contribution in [0.4, 0.5) is 0 Å². The first-order chi connectivity index (χ1) is 7.12. The highest BCUT2D eigenvalue weighted by Gasteiger charge is 2.26. The van der Waals surface area contributed by atoms with Crippen LogP contribution in [0.3, 0.4) is 0 Å². The minimum absolute atomic E-state index is 0.0757. The van der Waals surface area contributed by atoms with Crippen LogP contribution in [0.1, 0.15) is 54.4 Å². The molecule has 0 aromatic carbocycles. The molecular weight excluding hydrogens is 199 g/mol. The summed E-state index contributed by atoms with van der Waals surface area (Å²) in [6.45, 7) is 12.5. The van der Waals surface area contributed by atoms with Crippen molar-refractivity contribution in [3.63, 3.8) is 0 Å². The molecule has 0 aliphatic rings. The fraction of sp³-hybridized carbons (Fsp3) is 0.923. The van der Waals surface area contributed by atoms with Gasteiger partial charge in [0.1, 0.15) is 14.0 Å². The van der Waals surface area contributed by atoms with Crippen molar-refractivity contribution in [2.45, 2.75) is 65.8 Å². The quantitative estimate of drug-likeness (QED) is 0.514. The lowest BCUT2D eigenvalue weighted by atomic mass is 9.72. The maximum atomic E-state index is 11.8. The summed E-state index contributed by atoms with van der Waals surface area (Å²) in [5, 5.41) is -0.397. The van der Waals surface area contributed by atoms with Crippen molar-refractivity contribution in [3.05, 3.63) is 0 Å². The van der Waals surface area contributed by atoms with Crippen LogP contribution in [0.5, 0.6) is 0 Å². The molecule has 0 heterocycles. The van der Waals surface area contributed by atoms with Crippen molar-refractivity contribution < 1.29 is 9.53 Å². The predicted molar refractivity (Wildman–Crippen MR) is 71.4 cm³/mol. The summed E-state index contributed by atoms with van der Waals surface area (Å²) in [7, 11) is 1.90. The van der Waals surface area contributed by atoms with E-state index in [4.69, 9.17) is 4.74 Å². The Morgan fingerprint density at radius 3 is 1.75 bits per heavy atom. The van der Waals surface area contributed by atoms with Crippen molar-refractivity contribution in [3.8, 4) is 0 Å². The van der Waals surface area contributed by atoms with Crippen LogP contribution in [-0.2, 0) is 9.53 Å². The normalized spacial score (nSPS) is 12.6. The molecule has 0 bridgehead atoms. The van der Waals surface area contributed by atoms with Gasteiger partial charge < -0.3 is 4.74 Å². The number of hydrogen-bond acceptors (Lipinski definition) is 2. The Hall–Kier alpha value is -0.465. The van der Waals surface area contributed by atoms with Gasteiger partial charge in [-0.3, -0.25) is 4.79 Å². The molecule has 0 aromatic heterocycles. The number of carbonyl (C=O) groups excluding carboxylic acids is 1. The second-order valence-electron chi connectivity index (χ2n) is 6.54. The van der Waals surface area contributed by atoms with E-state index in [1.165, 1.54) is 0 Å². The first kappa shape index (κ1) is 15.5. The van der Waals surface area contributed by atoms with Crippen molar-refractivity contribution in [1.82, 2.24) is 0 Å². The standard InChI is InChI=1S/C13H27BO2/c1-9(2)7-11(8-10(3)4)16-12(15)13(5,6)14/h9-11H,7-8,14H2,1-6H3. The molecule has 0 aromatic rings. The zero-order valence-corrected chi connectivity index (χ0v) is 12.0. The van der Waals surface area contributed by atoms with Crippen molar-refractivity contribution >= 4 is 13.8 Å². The average molecular weight is 226 g/mol. The minimum atomic E-state index is -0.397. The van der Waals surface area contributed by atoms with E-state index in [0.29, 0.717) is 11.8 Å². The monoisotopic (exact) mass is 226 g/mol. The van der Waals surface area contributed by atoms with Gasteiger partial charge in [-0.05, 0) is 24.7 Å². The lowest BCUT2D eigenvalue weighted by molar-refractivity contribution is -0.153. The maximum absolute atomic E-state index is 11.8. The number of hydrogen-bond donors (Lipinski definition) is 0. The number of rotatable bonds is 6. The van der Waals surface area contributed by atoms with Crippen LogP contribution >= 0.6 is 0 Å².